The first-order valence-electron chi connectivity index (χ1n) is 6.21. The number of esters is 1. The monoisotopic (exact) mass is 313 g/mol. The maximum atomic E-state index is 11.7. The van der Waals surface area contributed by atoms with Gasteiger partial charge in [-0.15, -0.1) is 0 Å². The van der Waals surface area contributed by atoms with Crippen LogP contribution in [0.1, 0.15) is 19.8 Å². The molecule has 0 aliphatic heterocycles. The van der Waals surface area contributed by atoms with Crippen LogP contribution in [-0.4, -0.2) is 31.4 Å². The van der Waals surface area contributed by atoms with E-state index in [1.807, 2.05) is 0 Å². The molecule has 0 saturated heterocycles. The highest BCUT2D eigenvalue weighted by molar-refractivity contribution is 6.31. The minimum absolute atomic E-state index is 0.0386. The molecule has 1 aromatic carbocycles. The van der Waals surface area contributed by atoms with Crippen LogP contribution in [0.2, 0.25) is 5.02 Å². The van der Waals surface area contributed by atoms with Crippen molar-refractivity contribution in [2.75, 3.05) is 19.0 Å². The standard InChI is InChI=1S/C14H16ClNO5/c1-9(17)3-6-14(19)21-8-13(18)16-11-7-10(15)4-5-12(11)20-2/h4-5,7H,3,6,8H2,1-2H3,(H,16,18). The molecule has 0 heterocycles. The Bertz CT molecular complexity index is 544. The summed E-state index contributed by atoms with van der Waals surface area (Å²) in [6.07, 6.45) is 0.0612. The van der Waals surface area contributed by atoms with Crippen molar-refractivity contribution < 1.29 is 23.9 Å². The fraction of sp³-hybridized carbons (Fsp3) is 0.357. The predicted molar refractivity (Wildman–Crippen MR) is 77.5 cm³/mol. The van der Waals surface area contributed by atoms with Gasteiger partial charge in [0.25, 0.3) is 5.91 Å². The van der Waals surface area contributed by atoms with Gasteiger partial charge in [-0.25, -0.2) is 0 Å². The lowest BCUT2D eigenvalue weighted by molar-refractivity contribution is -0.148. The maximum Gasteiger partial charge on any atom is 0.306 e. The summed E-state index contributed by atoms with van der Waals surface area (Å²) in [7, 11) is 1.46. The SMILES string of the molecule is COc1ccc(Cl)cc1NC(=O)COC(=O)CCC(C)=O. The van der Waals surface area contributed by atoms with Gasteiger partial charge in [0.05, 0.1) is 19.2 Å². The third-order valence-corrected chi connectivity index (χ3v) is 2.72. The molecule has 0 fully saturated rings. The number of nitrogens with one attached hydrogen (secondary N) is 1. The van der Waals surface area contributed by atoms with Crippen LogP contribution in [0.3, 0.4) is 0 Å². The Balaban J connectivity index is 2.49. The first-order chi connectivity index (χ1) is 9.92. The number of amides is 1. The van der Waals surface area contributed by atoms with E-state index in [1.54, 1.807) is 12.1 Å². The zero-order valence-electron chi connectivity index (χ0n) is 11.8. The molecular weight excluding hydrogens is 298 g/mol. The molecule has 0 aromatic heterocycles. The van der Waals surface area contributed by atoms with E-state index in [0.717, 1.165) is 0 Å². The molecule has 114 valence electrons. The summed E-state index contributed by atoms with van der Waals surface area (Å²) >= 11 is 5.83. The van der Waals surface area contributed by atoms with Crippen molar-refractivity contribution in [2.45, 2.75) is 19.8 Å². The minimum Gasteiger partial charge on any atom is -0.495 e. The highest BCUT2D eigenvalue weighted by atomic mass is 35.5. The molecule has 0 radical (unpaired) electrons. The van der Waals surface area contributed by atoms with Gasteiger partial charge in [-0.3, -0.25) is 9.59 Å². The first-order valence-corrected chi connectivity index (χ1v) is 6.58. The molecular formula is C14H16ClNO5. The molecule has 6 nitrogen and oxygen atoms in total. The molecule has 0 aliphatic rings. The zero-order valence-corrected chi connectivity index (χ0v) is 12.5. The Kier molecular flexibility index (Phi) is 6.68. The van der Waals surface area contributed by atoms with Crippen LogP contribution in [-0.2, 0) is 19.1 Å². The van der Waals surface area contributed by atoms with Gasteiger partial charge in [-0.1, -0.05) is 11.6 Å². The number of anilines is 1. The summed E-state index contributed by atoms with van der Waals surface area (Å²) in [5, 5.41) is 2.96. The number of carbonyl (C=O) groups is 3. The van der Waals surface area contributed by atoms with Gasteiger partial charge < -0.3 is 19.6 Å². The van der Waals surface area contributed by atoms with Gasteiger partial charge in [-0.2, -0.15) is 0 Å². The summed E-state index contributed by atoms with van der Waals surface area (Å²) in [5.41, 5.74) is 0.384. The summed E-state index contributed by atoms with van der Waals surface area (Å²) in [5.74, 6) is -0.791. The molecule has 1 aromatic rings. The number of methoxy groups -OCH3 is 1. The number of ketones is 1. The van der Waals surface area contributed by atoms with Crippen LogP contribution in [0.4, 0.5) is 5.69 Å². The molecule has 0 bridgehead atoms. The van der Waals surface area contributed by atoms with Crippen LogP contribution in [0, 0.1) is 0 Å². The van der Waals surface area contributed by atoms with Crippen molar-refractivity contribution in [2.24, 2.45) is 0 Å². The predicted octanol–water partition coefficient (Wildman–Crippen LogP) is 2.20. The van der Waals surface area contributed by atoms with E-state index in [1.165, 1.54) is 20.1 Å². The van der Waals surface area contributed by atoms with Gasteiger partial charge in [0.15, 0.2) is 6.61 Å². The van der Waals surface area contributed by atoms with Gasteiger partial charge in [0.1, 0.15) is 11.5 Å². The molecule has 0 unspecified atom stereocenters. The Morgan fingerprint density at radius 3 is 2.57 bits per heavy atom. The van der Waals surface area contributed by atoms with Crippen LogP contribution in [0.5, 0.6) is 5.75 Å². The fourth-order valence-corrected chi connectivity index (χ4v) is 1.63. The van der Waals surface area contributed by atoms with E-state index in [4.69, 9.17) is 21.1 Å². The second-order valence-corrected chi connectivity index (χ2v) is 4.69. The molecule has 0 aliphatic carbocycles. The summed E-state index contributed by atoms with van der Waals surface area (Å²) in [4.78, 5) is 33.7. The second kappa shape index (κ2) is 8.26. The largest absolute Gasteiger partial charge is 0.495 e. The Morgan fingerprint density at radius 1 is 1.24 bits per heavy atom. The van der Waals surface area contributed by atoms with E-state index >= 15 is 0 Å². The highest BCUT2D eigenvalue weighted by Gasteiger charge is 2.11. The lowest BCUT2D eigenvalue weighted by Crippen LogP contribution is -2.21. The van der Waals surface area contributed by atoms with Crippen LogP contribution >= 0.6 is 11.6 Å². The number of rotatable bonds is 7. The van der Waals surface area contributed by atoms with E-state index in [-0.39, 0.29) is 18.6 Å². The molecule has 0 atom stereocenters. The van der Waals surface area contributed by atoms with E-state index in [2.05, 4.69) is 5.32 Å². The van der Waals surface area contributed by atoms with Crippen molar-refractivity contribution in [3.05, 3.63) is 23.2 Å². The minimum atomic E-state index is -0.599. The quantitative estimate of drug-likeness (QED) is 0.780. The number of Topliss-reactive ketones (excluding diaryl/α,β-unsaturated/α-hetero) is 1. The molecule has 1 amide bonds. The zero-order chi connectivity index (χ0) is 15.8. The van der Waals surface area contributed by atoms with E-state index < -0.39 is 18.5 Å². The van der Waals surface area contributed by atoms with Crippen LogP contribution < -0.4 is 10.1 Å². The molecule has 0 spiro atoms. The third kappa shape index (κ3) is 6.27. The molecule has 1 N–H and O–H groups in total. The van der Waals surface area contributed by atoms with Crippen molar-refractivity contribution in [3.8, 4) is 5.75 Å². The van der Waals surface area contributed by atoms with E-state index in [9.17, 15) is 14.4 Å². The molecule has 21 heavy (non-hydrogen) atoms. The Morgan fingerprint density at radius 2 is 1.95 bits per heavy atom. The fourth-order valence-electron chi connectivity index (χ4n) is 1.46. The van der Waals surface area contributed by atoms with Crippen molar-refractivity contribution in [3.63, 3.8) is 0 Å². The Hall–Kier alpha value is -2.08. The molecule has 1 rings (SSSR count). The average molecular weight is 314 g/mol. The van der Waals surface area contributed by atoms with Crippen molar-refractivity contribution in [1.29, 1.82) is 0 Å². The number of carbonyl (C=O) groups excluding carboxylic acids is 3. The highest BCUT2D eigenvalue weighted by Crippen LogP contribution is 2.27. The maximum absolute atomic E-state index is 11.7. The topological polar surface area (TPSA) is 81.7 Å². The summed E-state index contributed by atoms with van der Waals surface area (Å²) in [6, 6.07) is 4.75. The smallest absolute Gasteiger partial charge is 0.306 e. The number of halogens is 1. The number of ether oxygens (including phenoxy) is 2. The lowest BCUT2D eigenvalue weighted by atomic mass is 10.2. The van der Waals surface area contributed by atoms with Gasteiger partial charge >= 0.3 is 5.97 Å². The average Bonchev–Trinajstić information content (AvgIpc) is 2.43. The van der Waals surface area contributed by atoms with Crippen LogP contribution in [0.25, 0.3) is 0 Å². The number of hydrogen-bond donors (Lipinski definition) is 1. The van der Waals surface area contributed by atoms with Gasteiger partial charge in [0, 0.05) is 11.4 Å². The van der Waals surface area contributed by atoms with Gasteiger partial charge in [-0.05, 0) is 25.1 Å². The van der Waals surface area contributed by atoms with Crippen molar-refractivity contribution >= 4 is 34.9 Å². The lowest BCUT2D eigenvalue weighted by Gasteiger charge is -2.10. The first kappa shape index (κ1) is 17.0. The Labute approximate surface area is 127 Å². The van der Waals surface area contributed by atoms with Crippen molar-refractivity contribution in [1.82, 2.24) is 0 Å². The van der Waals surface area contributed by atoms with Crippen LogP contribution in [0.15, 0.2) is 18.2 Å². The molecule has 7 heteroatoms. The second-order valence-electron chi connectivity index (χ2n) is 4.26. The van der Waals surface area contributed by atoms with Gasteiger partial charge in [0.2, 0.25) is 0 Å². The number of hydrogen-bond acceptors (Lipinski definition) is 5. The normalized spacial score (nSPS) is 9.86. The number of benzene rings is 1. The third-order valence-electron chi connectivity index (χ3n) is 2.48. The summed E-state index contributed by atoms with van der Waals surface area (Å²) < 4.78 is 9.83. The molecule has 0 saturated carbocycles. The summed E-state index contributed by atoms with van der Waals surface area (Å²) in [6.45, 7) is 0.942. The van der Waals surface area contributed by atoms with E-state index in [0.29, 0.717) is 16.5 Å².